The van der Waals surface area contributed by atoms with E-state index in [1.165, 1.54) is 11.1 Å². The highest BCUT2D eigenvalue weighted by molar-refractivity contribution is 5.30. The van der Waals surface area contributed by atoms with E-state index in [-0.39, 0.29) is 6.10 Å². The van der Waals surface area contributed by atoms with Crippen LogP contribution in [0.1, 0.15) is 50.5 Å². The molecule has 0 heterocycles. The Morgan fingerprint density at radius 3 is 2.14 bits per heavy atom. The average Bonchev–Trinajstić information content (AvgIpc) is 2.54. The molecule has 0 radical (unpaired) electrons. The average molecular weight is 283 g/mol. The summed E-state index contributed by atoms with van der Waals surface area (Å²) in [6, 6.07) is 19.2. The van der Waals surface area contributed by atoms with Crippen molar-refractivity contribution in [3.63, 3.8) is 0 Å². The van der Waals surface area contributed by atoms with Crippen LogP contribution in [0.25, 0.3) is 0 Å². The van der Waals surface area contributed by atoms with Gasteiger partial charge in [0.25, 0.3) is 0 Å². The van der Waals surface area contributed by atoms with Crippen LogP contribution in [0.15, 0.2) is 54.6 Å². The smallest absolute Gasteiger partial charge is 0.121 e. The van der Waals surface area contributed by atoms with Crippen LogP contribution < -0.4 is 10.1 Å². The molecule has 0 amide bonds. The Labute approximate surface area is 128 Å². The SMILES string of the molecule is CCNC(CC)c1ccc(OC(C)c2ccccc2)cc1. The van der Waals surface area contributed by atoms with Gasteiger partial charge in [-0.1, -0.05) is 56.3 Å². The quantitative estimate of drug-likeness (QED) is 0.781. The van der Waals surface area contributed by atoms with Gasteiger partial charge in [0.1, 0.15) is 11.9 Å². The molecule has 2 aromatic rings. The third-order valence-electron chi connectivity index (χ3n) is 3.72. The minimum Gasteiger partial charge on any atom is -0.486 e. The normalized spacial score (nSPS) is 13.7. The molecule has 0 saturated carbocycles. The highest BCUT2D eigenvalue weighted by Crippen LogP contribution is 2.24. The van der Waals surface area contributed by atoms with E-state index >= 15 is 0 Å². The molecule has 1 N–H and O–H groups in total. The predicted molar refractivity (Wildman–Crippen MR) is 88.6 cm³/mol. The molecule has 0 aliphatic heterocycles. The minimum absolute atomic E-state index is 0.0628. The van der Waals surface area contributed by atoms with Crippen molar-refractivity contribution >= 4 is 0 Å². The lowest BCUT2D eigenvalue weighted by molar-refractivity contribution is 0.227. The summed E-state index contributed by atoms with van der Waals surface area (Å²) >= 11 is 0. The fourth-order valence-electron chi connectivity index (χ4n) is 2.52. The number of ether oxygens (including phenoxy) is 1. The van der Waals surface area contributed by atoms with E-state index in [4.69, 9.17) is 4.74 Å². The van der Waals surface area contributed by atoms with Gasteiger partial charge in [-0.05, 0) is 43.1 Å². The van der Waals surface area contributed by atoms with Gasteiger partial charge >= 0.3 is 0 Å². The number of nitrogens with one attached hydrogen (secondary N) is 1. The number of hydrogen-bond donors (Lipinski definition) is 1. The first kappa shape index (κ1) is 15.6. The Hall–Kier alpha value is -1.80. The number of hydrogen-bond acceptors (Lipinski definition) is 2. The fourth-order valence-corrected chi connectivity index (χ4v) is 2.52. The van der Waals surface area contributed by atoms with Gasteiger partial charge in [0.05, 0.1) is 0 Å². The van der Waals surface area contributed by atoms with E-state index in [0.717, 1.165) is 18.7 Å². The molecule has 0 fully saturated rings. The molecule has 2 unspecified atom stereocenters. The van der Waals surface area contributed by atoms with Crippen molar-refractivity contribution < 1.29 is 4.74 Å². The molecular formula is C19H25NO. The molecule has 112 valence electrons. The lowest BCUT2D eigenvalue weighted by Gasteiger charge is -2.18. The second kappa shape index (κ2) is 7.84. The van der Waals surface area contributed by atoms with Gasteiger partial charge < -0.3 is 10.1 Å². The number of benzene rings is 2. The Bertz CT molecular complexity index is 521. The Balaban J connectivity index is 2.02. The van der Waals surface area contributed by atoms with E-state index in [2.05, 4.69) is 62.5 Å². The lowest BCUT2D eigenvalue weighted by Crippen LogP contribution is -2.19. The van der Waals surface area contributed by atoms with Crippen molar-refractivity contribution in [3.8, 4) is 5.75 Å². The van der Waals surface area contributed by atoms with Gasteiger partial charge in [-0.25, -0.2) is 0 Å². The maximum atomic E-state index is 6.01. The second-order valence-corrected chi connectivity index (χ2v) is 5.26. The molecule has 0 aromatic heterocycles. The second-order valence-electron chi connectivity index (χ2n) is 5.26. The van der Waals surface area contributed by atoms with E-state index in [1.807, 2.05) is 18.2 Å². The fraction of sp³-hybridized carbons (Fsp3) is 0.368. The molecule has 0 spiro atoms. The van der Waals surface area contributed by atoms with Crippen molar-refractivity contribution in [1.82, 2.24) is 5.32 Å². The predicted octanol–water partition coefficient (Wildman–Crippen LogP) is 4.89. The molecule has 2 rings (SSSR count). The highest BCUT2D eigenvalue weighted by atomic mass is 16.5. The van der Waals surface area contributed by atoms with Gasteiger partial charge in [-0.3, -0.25) is 0 Å². The summed E-state index contributed by atoms with van der Waals surface area (Å²) in [5, 5.41) is 3.49. The molecule has 2 heteroatoms. The van der Waals surface area contributed by atoms with E-state index < -0.39 is 0 Å². The van der Waals surface area contributed by atoms with Crippen LogP contribution in [0, 0.1) is 0 Å². The van der Waals surface area contributed by atoms with Gasteiger partial charge in [-0.2, -0.15) is 0 Å². The standard InChI is InChI=1S/C19H25NO/c1-4-19(20-5-2)17-11-13-18(14-12-17)21-15(3)16-9-7-6-8-10-16/h6-15,19-20H,4-5H2,1-3H3. The van der Waals surface area contributed by atoms with Crippen LogP contribution >= 0.6 is 0 Å². The zero-order valence-corrected chi connectivity index (χ0v) is 13.2. The van der Waals surface area contributed by atoms with Crippen LogP contribution in [0.2, 0.25) is 0 Å². The van der Waals surface area contributed by atoms with Crippen LogP contribution in [0.5, 0.6) is 5.75 Å². The minimum atomic E-state index is 0.0628. The third kappa shape index (κ3) is 4.33. The Morgan fingerprint density at radius 1 is 0.905 bits per heavy atom. The number of rotatable bonds is 7. The summed E-state index contributed by atoms with van der Waals surface area (Å²) in [7, 11) is 0. The summed E-state index contributed by atoms with van der Waals surface area (Å²) in [4.78, 5) is 0. The van der Waals surface area contributed by atoms with Gasteiger partial charge in [0.15, 0.2) is 0 Å². The van der Waals surface area contributed by atoms with Crippen LogP contribution in [0.4, 0.5) is 0 Å². The Kier molecular flexibility index (Phi) is 5.82. The topological polar surface area (TPSA) is 21.3 Å². The van der Waals surface area contributed by atoms with Crippen molar-refractivity contribution in [2.75, 3.05) is 6.54 Å². The van der Waals surface area contributed by atoms with Crippen molar-refractivity contribution in [1.29, 1.82) is 0 Å². The molecule has 0 aliphatic rings. The van der Waals surface area contributed by atoms with Gasteiger partial charge in [0, 0.05) is 6.04 Å². The molecule has 0 bridgehead atoms. The lowest BCUT2D eigenvalue weighted by atomic mass is 10.0. The molecule has 21 heavy (non-hydrogen) atoms. The van der Waals surface area contributed by atoms with E-state index in [9.17, 15) is 0 Å². The van der Waals surface area contributed by atoms with Gasteiger partial charge in [0.2, 0.25) is 0 Å². The zero-order valence-electron chi connectivity index (χ0n) is 13.2. The summed E-state index contributed by atoms with van der Waals surface area (Å²) in [5.74, 6) is 0.918. The molecule has 2 aromatic carbocycles. The molecular weight excluding hydrogens is 258 g/mol. The summed E-state index contributed by atoms with van der Waals surface area (Å²) < 4.78 is 6.01. The summed E-state index contributed by atoms with van der Waals surface area (Å²) in [5.41, 5.74) is 2.51. The maximum Gasteiger partial charge on any atom is 0.121 e. The first-order valence-corrected chi connectivity index (χ1v) is 7.79. The van der Waals surface area contributed by atoms with Crippen molar-refractivity contribution in [2.45, 2.75) is 39.3 Å². The van der Waals surface area contributed by atoms with Crippen LogP contribution in [0.3, 0.4) is 0 Å². The van der Waals surface area contributed by atoms with Crippen molar-refractivity contribution in [2.24, 2.45) is 0 Å². The first-order valence-electron chi connectivity index (χ1n) is 7.79. The highest BCUT2D eigenvalue weighted by Gasteiger charge is 2.09. The molecule has 2 atom stereocenters. The Morgan fingerprint density at radius 2 is 1.57 bits per heavy atom. The zero-order chi connectivity index (χ0) is 15.1. The van der Waals surface area contributed by atoms with E-state index in [0.29, 0.717) is 6.04 Å². The van der Waals surface area contributed by atoms with Crippen LogP contribution in [-0.4, -0.2) is 6.54 Å². The van der Waals surface area contributed by atoms with Crippen LogP contribution in [-0.2, 0) is 0 Å². The maximum absolute atomic E-state index is 6.01. The first-order chi connectivity index (χ1) is 10.2. The third-order valence-corrected chi connectivity index (χ3v) is 3.72. The van der Waals surface area contributed by atoms with Crippen molar-refractivity contribution in [3.05, 3.63) is 65.7 Å². The monoisotopic (exact) mass is 283 g/mol. The van der Waals surface area contributed by atoms with E-state index in [1.54, 1.807) is 0 Å². The molecule has 2 nitrogen and oxygen atoms in total. The summed E-state index contributed by atoms with van der Waals surface area (Å²) in [6.45, 7) is 7.41. The molecule has 0 aliphatic carbocycles. The largest absolute Gasteiger partial charge is 0.486 e. The summed E-state index contributed by atoms with van der Waals surface area (Å²) in [6.07, 6.45) is 1.15. The van der Waals surface area contributed by atoms with Gasteiger partial charge in [-0.15, -0.1) is 0 Å². The molecule has 0 saturated heterocycles.